The molecule has 0 unspecified atom stereocenters. The van der Waals surface area contributed by atoms with Crippen molar-refractivity contribution in [1.82, 2.24) is 0 Å². The molecule has 1 aliphatic heterocycles. The Balaban J connectivity index is 2.04. The molecule has 0 aliphatic carbocycles. The molecule has 92 valence electrons. The van der Waals surface area contributed by atoms with E-state index in [1.165, 1.54) is 20.6 Å². The lowest BCUT2D eigenvalue weighted by Crippen LogP contribution is -2.36. The Kier molecular flexibility index (Phi) is 3.16. The summed E-state index contributed by atoms with van der Waals surface area (Å²) in [7, 11) is 2.16. The molecular formula is C15H15IN2. The van der Waals surface area contributed by atoms with E-state index in [4.69, 9.17) is 0 Å². The van der Waals surface area contributed by atoms with Gasteiger partial charge in [0, 0.05) is 29.4 Å². The van der Waals surface area contributed by atoms with Crippen LogP contribution in [0.2, 0.25) is 0 Å². The van der Waals surface area contributed by atoms with Crippen molar-refractivity contribution in [1.29, 1.82) is 0 Å². The average molecular weight is 350 g/mol. The Hall–Kier alpha value is -1.23. The number of nitrogens with zero attached hydrogens (tertiary/aromatic N) is 2. The van der Waals surface area contributed by atoms with Gasteiger partial charge < -0.3 is 9.80 Å². The van der Waals surface area contributed by atoms with Crippen LogP contribution >= 0.6 is 22.6 Å². The molecule has 18 heavy (non-hydrogen) atoms. The molecule has 0 fully saturated rings. The van der Waals surface area contributed by atoms with Gasteiger partial charge in [-0.1, -0.05) is 12.1 Å². The third-order valence-corrected chi connectivity index (χ3v) is 4.10. The highest BCUT2D eigenvalue weighted by Crippen LogP contribution is 2.36. The van der Waals surface area contributed by atoms with Gasteiger partial charge in [0.2, 0.25) is 0 Å². The van der Waals surface area contributed by atoms with E-state index < -0.39 is 0 Å². The monoisotopic (exact) mass is 350 g/mol. The number of likely N-dealkylation sites (N-methyl/N-ethyl adjacent to an activating group) is 1. The number of hydrogen-bond donors (Lipinski definition) is 0. The Labute approximate surface area is 121 Å². The number of fused-ring (bicyclic) bond motifs is 1. The lowest BCUT2D eigenvalue weighted by molar-refractivity contribution is 0.822. The first-order chi connectivity index (χ1) is 8.75. The van der Waals surface area contributed by atoms with Crippen molar-refractivity contribution in [2.24, 2.45) is 0 Å². The van der Waals surface area contributed by atoms with Gasteiger partial charge in [-0.3, -0.25) is 0 Å². The molecule has 0 aromatic heterocycles. The predicted octanol–water partition coefficient (Wildman–Crippen LogP) is 3.88. The van der Waals surface area contributed by atoms with E-state index in [1.54, 1.807) is 0 Å². The van der Waals surface area contributed by atoms with Gasteiger partial charge in [0.05, 0.1) is 11.4 Å². The van der Waals surface area contributed by atoms with Gasteiger partial charge in [-0.15, -0.1) is 0 Å². The Morgan fingerprint density at radius 1 is 0.889 bits per heavy atom. The van der Waals surface area contributed by atoms with Gasteiger partial charge >= 0.3 is 0 Å². The van der Waals surface area contributed by atoms with Crippen molar-refractivity contribution in [2.45, 2.75) is 0 Å². The summed E-state index contributed by atoms with van der Waals surface area (Å²) in [6.07, 6.45) is 0. The molecule has 0 saturated heterocycles. The molecule has 0 N–H and O–H groups in total. The van der Waals surface area contributed by atoms with Crippen LogP contribution in [0.3, 0.4) is 0 Å². The molecule has 2 nitrogen and oxygen atoms in total. The fourth-order valence-corrected chi connectivity index (χ4v) is 2.75. The summed E-state index contributed by atoms with van der Waals surface area (Å²) in [5.41, 5.74) is 3.88. The number of rotatable bonds is 1. The van der Waals surface area contributed by atoms with Crippen LogP contribution in [0.4, 0.5) is 17.1 Å². The highest BCUT2D eigenvalue weighted by Gasteiger charge is 2.20. The summed E-state index contributed by atoms with van der Waals surface area (Å²) < 4.78 is 1.28. The largest absolute Gasteiger partial charge is 0.371 e. The Morgan fingerprint density at radius 2 is 1.56 bits per heavy atom. The van der Waals surface area contributed by atoms with E-state index in [9.17, 15) is 0 Å². The molecule has 3 rings (SSSR count). The van der Waals surface area contributed by atoms with Crippen molar-refractivity contribution >= 4 is 39.7 Å². The van der Waals surface area contributed by atoms with Crippen LogP contribution in [-0.4, -0.2) is 20.1 Å². The highest BCUT2D eigenvalue weighted by molar-refractivity contribution is 14.1. The minimum atomic E-state index is 1.04. The topological polar surface area (TPSA) is 6.48 Å². The molecule has 0 radical (unpaired) electrons. The van der Waals surface area contributed by atoms with Crippen LogP contribution in [0.1, 0.15) is 0 Å². The van der Waals surface area contributed by atoms with Crippen molar-refractivity contribution < 1.29 is 0 Å². The molecule has 0 saturated carbocycles. The molecule has 1 aliphatic rings. The molecule has 0 amide bonds. The van der Waals surface area contributed by atoms with Crippen molar-refractivity contribution in [2.75, 3.05) is 29.9 Å². The predicted molar refractivity (Wildman–Crippen MR) is 85.9 cm³/mol. The van der Waals surface area contributed by atoms with Gasteiger partial charge in [0.25, 0.3) is 0 Å². The zero-order valence-corrected chi connectivity index (χ0v) is 12.5. The van der Waals surface area contributed by atoms with Crippen LogP contribution in [0.15, 0.2) is 48.5 Å². The van der Waals surface area contributed by atoms with Crippen LogP contribution < -0.4 is 9.80 Å². The molecule has 1 heterocycles. The summed E-state index contributed by atoms with van der Waals surface area (Å²) >= 11 is 2.34. The van der Waals surface area contributed by atoms with Crippen molar-refractivity contribution in [3.8, 4) is 0 Å². The maximum Gasteiger partial charge on any atom is 0.0649 e. The molecular weight excluding hydrogens is 335 g/mol. The summed E-state index contributed by atoms with van der Waals surface area (Å²) in [6.45, 7) is 2.09. The van der Waals surface area contributed by atoms with Gasteiger partial charge in [0.1, 0.15) is 0 Å². The summed E-state index contributed by atoms with van der Waals surface area (Å²) in [6, 6.07) is 17.3. The number of halogens is 1. The Morgan fingerprint density at radius 3 is 2.28 bits per heavy atom. The van der Waals surface area contributed by atoms with E-state index in [0.29, 0.717) is 0 Å². The van der Waals surface area contributed by atoms with Gasteiger partial charge in [0.15, 0.2) is 0 Å². The third kappa shape index (κ3) is 2.07. The second-order valence-corrected chi connectivity index (χ2v) is 5.78. The zero-order valence-electron chi connectivity index (χ0n) is 10.3. The van der Waals surface area contributed by atoms with Crippen LogP contribution in [0.25, 0.3) is 0 Å². The SMILES string of the molecule is CN1CCN(c2ccc(I)cc2)c2ccccc21. The standard InChI is InChI=1S/C15H15IN2/c1-17-10-11-18(13-8-6-12(16)7-9-13)15-5-3-2-4-14(15)17/h2-9H,10-11H2,1H3. The van der Waals surface area contributed by atoms with E-state index >= 15 is 0 Å². The van der Waals surface area contributed by atoms with Crippen LogP contribution in [0.5, 0.6) is 0 Å². The first-order valence-electron chi connectivity index (χ1n) is 6.09. The molecule has 2 aromatic rings. The molecule has 3 heteroatoms. The number of anilines is 3. The normalized spacial score (nSPS) is 14.6. The smallest absolute Gasteiger partial charge is 0.0649 e. The van der Waals surface area contributed by atoms with E-state index in [-0.39, 0.29) is 0 Å². The first-order valence-corrected chi connectivity index (χ1v) is 7.17. The maximum atomic E-state index is 2.39. The summed E-state index contributed by atoms with van der Waals surface area (Å²) in [4.78, 5) is 4.71. The maximum absolute atomic E-state index is 2.39. The van der Waals surface area contributed by atoms with Gasteiger partial charge in [-0.25, -0.2) is 0 Å². The minimum absolute atomic E-state index is 1.04. The molecule has 0 atom stereocenters. The third-order valence-electron chi connectivity index (χ3n) is 3.38. The van der Waals surface area contributed by atoms with E-state index in [0.717, 1.165) is 13.1 Å². The van der Waals surface area contributed by atoms with Gasteiger partial charge in [-0.05, 0) is 59.0 Å². The van der Waals surface area contributed by atoms with Gasteiger partial charge in [-0.2, -0.15) is 0 Å². The second kappa shape index (κ2) is 4.80. The van der Waals surface area contributed by atoms with Crippen LogP contribution in [-0.2, 0) is 0 Å². The molecule has 0 spiro atoms. The molecule has 0 bridgehead atoms. The highest BCUT2D eigenvalue weighted by atomic mass is 127. The van der Waals surface area contributed by atoms with E-state index in [2.05, 4.69) is 88.0 Å². The van der Waals surface area contributed by atoms with Crippen molar-refractivity contribution in [3.05, 3.63) is 52.1 Å². The first kappa shape index (κ1) is 11.8. The fourth-order valence-electron chi connectivity index (χ4n) is 2.40. The van der Waals surface area contributed by atoms with Crippen molar-refractivity contribution in [3.63, 3.8) is 0 Å². The number of para-hydroxylation sites is 2. The average Bonchev–Trinajstić information content (AvgIpc) is 2.41. The fraction of sp³-hybridized carbons (Fsp3) is 0.200. The lowest BCUT2D eigenvalue weighted by atomic mass is 10.1. The zero-order chi connectivity index (χ0) is 12.5. The second-order valence-electron chi connectivity index (χ2n) is 4.54. The minimum Gasteiger partial charge on any atom is -0.371 e. The number of hydrogen-bond acceptors (Lipinski definition) is 2. The summed E-state index contributed by atoms with van der Waals surface area (Å²) in [5, 5.41) is 0. The number of benzene rings is 2. The summed E-state index contributed by atoms with van der Waals surface area (Å²) in [5.74, 6) is 0. The lowest BCUT2D eigenvalue weighted by Gasteiger charge is -2.37. The molecule has 2 aromatic carbocycles. The Bertz CT molecular complexity index is 551. The van der Waals surface area contributed by atoms with Crippen LogP contribution in [0, 0.1) is 3.57 Å². The van der Waals surface area contributed by atoms with E-state index in [1.807, 2.05) is 0 Å². The quantitative estimate of drug-likeness (QED) is 0.721.